The molecule has 2 heterocycles. The number of aliphatic hydroxyl groups is 1. The lowest BCUT2D eigenvalue weighted by atomic mass is 9.69. The van der Waals surface area contributed by atoms with E-state index >= 15 is 0 Å². The topological polar surface area (TPSA) is 74.6 Å². The lowest BCUT2D eigenvalue weighted by Crippen LogP contribution is -2.46. The predicted octanol–water partition coefficient (Wildman–Crippen LogP) is 0.377. The van der Waals surface area contributed by atoms with Crippen molar-refractivity contribution in [3.05, 3.63) is 0 Å². The molecule has 2 aliphatic heterocycles. The molecule has 2 fully saturated rings. The van der Waals surface area contributed by atoms with Gasteiger partial charge < -0.3 is 19.9 Å². The number of aliphatic hydroxyl groups excluding tert-OH is 1. The van der Waals surface area contributed by atoms with Gasteiger partial charge in [0.1, 0.15) is 6.10 Å². The highest BCUT2D eigenvalue weighted by molar-refractivity contribution is 5.82. The van der Waals surface area contributed by atoms with Crippen LogP contribution in [-0.2, 0) is 9.47 Å². The first kappa shape index (κ1) is 12.8. The minimum Gasteiger partial charge on any atom is -0.475 e. The van der Waals surface area contributed by atoms with Gasteiger partial charge in [0.05, 0.1) is 25.2 Å². The van der Waals surface area contributed by atoms with Gasteiger partial charge in [-0.25, -0.2) is 0 Å². The van der Waals surface area contributed by atoms with Crippen LogP contribution in [0.4, 0.5) is 0 Å². The maximum absolute atomic E-state index is 9.15. The molecule has 0 saturated carbocycles. The molecule has 0 aliphatic carbocycles. The molecular weight excluding hydrogens is 220 g/mol. The van der Waals surface area contributed by atoms with E-state index in [1.807, 2.05) is 6.92 Å². The number of rotatable bonds is 4. The molecule has 3 N–H and O–H groups in total. The average Bonchev–Trinajstić information content (AvgIpc) is 2.79. The number of nitrogens with one attached hydrogen (secondary N) is 2. The molecule has 0 bridgehead atoms. The van der Waals surface area contributed by atoms with E-state index in [4.69, 9.17) is 20.0 Å². The maximum Gasteiger partial charge on any atom is 0.191 e. The monoisotopic (exact) mass is 242 g/mol. The summed E-state index contributed by atoms with van der Waals surface area (Å²) in [6, 6.07) is 0. The van der Waals surface area contributed by atoms with Gasteiger partial charge in [0, 0.05) is 18.5 Å². The first-order valence-corrected chi connectivity index (χ1v) is 6.23. The van der Waals surface area contributed by atoms with Crippen molar-refractivity contribution in [2.75, 3.05) is 32.9 Å². The van der Waals surface area contributed by atoms with Crippen molar-refractivity contribution in [1.82, 2.24) is 5.32 Å². The number of hydrogen-bond donors (Lipinski definition) is 3. The van der Waals surface area contributed by atoms with E-state index in [-0.39, 0.29) is 29.4 Å². The Kier molecular flexibility index (Phi) is 3.43. The molecule has 17 heavy (non-hydrogen) atoms. The summed E-state index contributed by atoms with van der Waals surface area (Å²) in [4.78, 5) is 0. The van der Waals surface area contributed by atoms with E-state index in [0.29, 0.717) is 19.6 Å². The summed E-state index contributed by atoms with van der Waals surface area (Å²) in [6.07, 6.45) is 0.433. The van der Waals surface area contributed by atoms with Gasteiger partial charge in [-0.05, 0) is 6.42 Å². The van der Waals surface area contributed by atoms with Gasteiger partial charge in [-0.2, -0.15) is 0 Å². The quantitative estimate of drug-likeness (QED) is 0.492. The van der Waals surface area contributed by atoms with Crippen LogP contribution in [0.2, 0.25) is 0 Å². The van der Waals surface area contributed by atoms with Crippen molar-refractivity contribution in [3.8, 4) is 0 Å². The minimum atomic E-state index is -0.352. The Balaban J connectivity index is 2.12. The van der Waals surface area contributed by atoms with Crippen molar-refractivity contribution in [1.29, 1.82) is 5.41 Å². The SMILES string of the molecule is CCC(CO)OC(=N)[C@]12CNC[C@@]1(C)COC2. The number of ether oxygens (including phenoxy) is 2. The molecular formula is C12H22N2O3. The molecule has 2 rings (SSSR count). The Morgan fingerprint density at radius 3 is 2.94 bits per heavy atom. The molecule has 98 valence electrons. The average molecular weight is 242 g/mol. The van der Waals surface area contributed by atoms with Crippen LogP contribution in [0.25, 0.3) is 0 Å². The van der Waals surface area contributed by atoms with E-state index in [9.17, 15) is 0 Å². The summed E-state index contributed by atoms with van der Waals surface area (Å²) in [5.74, 6) is 0.267. The van der Waals surface area contributed by atoms with E-state index in [1.54, 1.807) is 0 Å². The fourth-order valence-corrected chi connectivity index (χ4v) is 2.75. The Hall–Kier alpha value is -0.650. The van der Waals surface area contributed by atoms with Gasteiger partial charge >= 0.3 is 0 Å². The number of hydrogen-bond acceptors (Lipinski definition) is 5. The lowest BCUT2D eigenvalue weighted by molar-refractivity contribution is 0.0754. The fourth-order valence-electron chi connectivity index (χ4n) is 2.75. The van der Waals surface area contributed by atoms with Crippen LogP contribution in [0.1, 0.15) is 20.3 Å². The van der Waals surface area contributed by atoms with E-state index in [2.05, 4.69) is 12.2 Å². The molecule has 0 aromatic carbocycles. The molecule has 3 atom stereocenters. The largest absolute Gasteiger partial charge is 0.475 e. The molecule has 5 nitrogen and oxygen atoms in total. The highest BCUT2D eigenvalue weighted by Crippen LogP contribution is 2.48. The molecule has 1 unspecified atom stereocenters. The fraction of sp³-hybridized carbons (Fsp3) is 0.917. The van der Waals surface area contributed by atoms with Crippen molar-refractivity contribution in [3.63, 3.8) is 0 Å². The van der Waals surface area contributed by atoms with Crippen molar-refractivity contribution < 1.29 is 14.6 Å². The molecule has 2 aliphatic rings. The van der Waals surface area contributed by atoms with Crippen molar-refractivity contribution in [2.45, 2.75) is 26.4 Å². The van der Waals surface area contributed by atoms with Gasteiger partial charge in [-0.1, -0.05) is 13.8 Å². The second kappa shape index (κ2) is 4.55. The Morgan fingerprint density at radius 1 is 1.53 bits per heavy atom. The van der Waals surface area contributed by atoms with Crippen molar-refractivity contribution in [2.24, 2.45) is 10.8 Å². The second-order valence-corrected chi connectivity index (χ2v) is 5.40. The highest BCUT2D eigenvalue weighted by Gasteiger charge is 2.60. The van der Waals surface area contributed by atoms with E-state index in [0.717, 1.165) is 13.1 Å². The third-order valence-corrected chi connectivity index (χ3v) is 4.24. The third kappa shape index (κ3) is 1.86. The standard InChI is InChI=1S/C12H22N2O3/c1-3-9(4-15)17-10(13)12-6-14-5-11(12,2)7-16-8-12/h9,13-15H,3-8H2,1-2H3/t9?,11-,12+/m0/s1. The Labute approximate surface area is 102 Å². The van der Waals surface area contributed by atoms with Gasteiger partial charge in [0.15, 0.2) is 5.90 Å². The molecule has 5 heteroatoms. The van der Waals surface area contributed by atoms with Crippen LogP contribution < -0.4 is 5.32 Å². The third-order valence-electron chi connectivity index (χ3n) is 4.24. The van der Waals surface area contributed by atoms with E-state index in [1.165, 1.54) is 0 Å². The van der Waals surface area contributed by atoms with Gasteiger partial charge in [0.2, 0.25) is 0 Å². The smallest absolute Gasteiger partial charge is 0.191 e. The maximum atomic E-state index is 9.15. The summed E-state index contributed by atoms with van der Waals surface area (Å²) in [6.45, 7) is 6.83. The predicted molar refractivity (Wildman–Crippen MR) is 64.2 cm³/mol. The zero-order valence-corrected chi connectivity index (χ0v) is 10.6. The van der Waals surface area contributed by atoms with Crippen LogP contribution in [0, 0.1) is 16.2 Å². The second-order valence-electron chi connectivity index (χ2n) is 5.40. The van der Waals surface area contributed by atoms with Crippen LogP contribution in [0.15, 0.2) is 0 Å². The van der Waals surface area contributed by atoms with Crippen molar-refractivity contribution >= 4 is 5.90 Å². The first-order chi connectivity index (χ1) is 8.08. The van der Waals surface area contributed by atoms with Crippen LogP contribution in [0.5, 0.6) is 0 Å². The van der Waals surface area contributed by atoms with Crippen LogP contribution in [0.3, 0.4) is 0 Å². The number of fused-ring (bicyclic) bond motifs is 1. The zero-order valence-electron chi connectivity index (χ0n) is 10.6. The minimum absolute atomic E-state index is 0.0417. The van der Waals surface area contributed by atoms with Gasteiger partial charge in [-0.3, -0.25) is 5.41 Å². The van der Waals surface area contributed by atoms with Crippen LogP contribution in [-0.4, -0.2) is 50.0 Å². The zero-order chi connectivity index (χ0) is 12.5. The van der Waals surface area contributed by atoms with E-state index < -0.39 is 0 Å². The van der Waals surface area contributed by atoms with Gasteiger partial charge in [-0.15, -0.1) is 0 Å². The molecule has 2 saturated heterocycles. The van der Waals surface area contributed by atoms with Gasteiger partial charge in [0.25, 0.3) is 0 Å². The molecule has 0 amide bonds. The molecule has 0 aromatic heterocycles. The summed E-state index contributed by atoms with van der Waals surface area (Å²) in [5.41, 5.74) is -0.409. The summed E-state index contributed by atoms with van der Waals surface area (Å²) in [7, 11) is 0. The molecule has 0 spiro atoms. The summed E-state index contributed by atoms with van der Waals surface area (Å²) in [5, 5.41) is 20.7. The van der Waals surface area contributed by atoms with Crippen LogP contribution >= 0.6 is 0 Å². The highest BCUT2D eigenvalue weighted by atomic mass is 16.5. The Bertz CT molecular complexity index is 292. The molecule has 0 radical (unpaired) electrons. The summed E-state index contributed by atoms with van der Waals surface area (Å²) < 4.78 is 11.2. The first-order valence-electron chi connectivity index (χ1n) is 6.23. The normalized spacial score (nSPS) is 37.8. The Morgan fingerprint density at radius 2 is 2.29 bits per heavy atom. The summed E-state index contributed by atoms with van der Waals surface area (Å²) >= 11 is 0. The molecule has 0 aromatic rings. The lowest BCUT2D eigenvalue weighted by Gasteiger charge is -2.35.